The van der Waals surface area contributed by atoms with E-state index in [-0.39, 0.29) is 28.5 Å². The topological polar surface area (TPSA) is 76.7 Å². The highest BCUT2D eigenvalue weighted by Crippen LogP contribution is 2.52. The number of halogens is 1. The molecule has 0 radical (unpaired) electrons. The van der Waals surface area contributed by atoms with Gasteiger partial charge in [0, 0.05) is 17.2 Å². The molecule has 0 saturated carbocycles. The number of anilines is 2. The summed E-state index contributed by atoms with van der Waals surface area (Å²) in [5.74, 6) is 0.923. The van der Waals surface area contributed by atoms with Crippen molar-refractivity contribution in [2.45, 2.75) is 23.3 Å². The fourth-order valence-corrected chi connectivity index (χ4v) is 6.05. The van der Waals surface area contributed by atoms with Crippen molar-refractivity contribution in [3.63, 3.8) is 0 Å². The van der Waals surface area contributed by atoms with Crippen LogP contribution in [0.2, 0.25) is 0 Å². The molecule has 0 saturated heterocycles. The van der Waals surface area contributed by atoms with Crippen LogP contribution >= 0.6 is 0 Å². The number of sulfonamides is 1. The first kappa shape index (κ1) is 22.3. The molecule has 0 aromatic heterocycles. The van der Waals surface area contributed by atoms with E-state index < -0.39 is 15.8 Å². The lowest BCUT2D eigenvalue weighted by molar-refractivity contribution is 0.341. The molecule has 0 spiro atoms. The largest absolute Gasteiger partial charge is 0.493 e. The first-order valence-electron chi connectivity index (χ1n) is 11.0. The second-order valence-corrected chi connectivity index (χ2v) is 10.1. The molecule has 0 bridgehead atoms. The van der Waals surface area contributed by atoms with E-state index in [1.165, 1.54) is 24.3 Å². The highest BCUT2D eigenvalue weighted by Gasteiger charge is 2.40. The number of benzene rings is 3. The van der Waals surface area contributed by atoms with Crippen molar-refractivity contribution in [1.82, 2.24) is 0 Å². The van der Waals surface area contributed by atoms with Gasteiger partial charge in [-0.1, -0.05) is 36.4 Å². The molecule has 176 valence electrons. The van der Waals surface area contributed by atoms with E-state index in [1.807, 2.05) is 18.2 Å². The lowest BCUT2D eigenvalue weighted by Crippen LogP contribution is -2.29. The summed E-state index contributed by atoms with van der Waals surface area (Å²) in [6.07, 6.45) is 5.10. The van der Waals surface area contributed by atoms with Crippen LogP contribution in [0.5, 0.6) is 11.5 Å². The van der Waals surface area contributed by atoms with Crippen LogP contribution < -0.4 is 19.5 Å². The zero-order valence-electron chi connectivity index (χ0n) is 18.8. The van der Waals surface area contributed by atoms with Crippen molar-refractivity contribution in [3.05, 3.63) is 89.8 Å². The van der Waals surface area contributed by atoms with E-state index in [4.69, 9.17) is 9.47 Å². The second kappa shape index (κ2) is 8.68. The first-order valence-corrected chi connectivity index (χ1v) is 12.5. The average Bonchev–Trinajstić information content (AvgIpc) is 3.34. The minimum Gasteiger partial charge on any atom is -0.493 e. The number of fused-ring (bicyclic) bond motifs is 3. The molecule has 34 heavy (non-hydrogen) atoms. The van der Waals surface area contributed by atoms with Crippen LogP contribution in [0.25, 0.3) is 0 Å². The van der Waals surface area contributed by atoms with E-state index in [1.54, 1.807) is 32.4 Å². The predicted molar refractivity (Wildman–Crippen MR) is 130 cm³/mol. The Morgan fingerprint density at radius 1 is 1.00 bits per heavy atom. The van der Waals surface area contributed by atoms with E-state index in [0.717, 1.165) is 23.2 Å². The molecule has 0 fully saturated rings. The van der Waals surface area contributed by atoms with E-state index >= 15 is 0 Å². The number of allylic oxidation sites excluding steroid dienone is 2. The summed E-state index contributed by atoms with van der Waals surface area (Å²) in [6, 6.07) is 16.5. The molecule has 8 heteroatoms. The van der Waals surface area contributed by atoms with Crippen LogP contribution in [-0.4, -0.2) is 22.6 Å². The average molecular weight is 481 g/mol. The highest BCUT2D eigenvalue weighted by atomic mass is 32.2. The summed E-state index contributed by atoms with van der Waals surface area (Å²) in [5, 5.41) is 3.60. The van der Waals surface area contributed by atoms with E-state index in [9.17, 15) is 12.8 Å². The molecule has 3 atom stereocenters. The highest BCUT2D eigenvalue weighted by molar-refractivity contribution is 7.92. The maximum atomic E-state index is 14.0. The van der Waals surface area contributed by atoms with Crippen molar-refractivity contribution in [3.8, 4) is 11.5 Å². The summed E-state index contributed by atoms with van der Waals surface area (Å²) in [5.41, 5.74) is 2.66. The third-order valence-electron chi connectivity index (χ3n) is 6.53. The van der Waals surface area contributed by atoms with Gasteiger partial charge in [0.15, 0.2) is 11.5 Å². The van der Waals surface area contributed by atoms with Gasteiger partial charge >= 0.3 is 0 Å². The summed E-state index contributed by atoms with van der Waals surface area (Å²) < 4.78 is 53.6. The maximum Gasteiger partial charge on any atom is 0.261 e. The Balaban J connectivity index is 1.52. The van der Waals surface area contributed by atoms with Gasteiger partial charge in [0.05, 0.1) is 30.8 Å². The molecule has 2 N–H and O–H groups in total. The molecule has 0 amide bonds. The Morgan fingerprint density at radius 3 is 2.59 bits per heavy atom. The molecule has 1 heterocycles. The first-order chi connectivity index (χ1) is 16.4. The number of para-hydroxylation sites is 2. The zero-order chi connectivity index (χ0) is 23.9. The molecule has 5 rings (SSSR count). The number of hydrogen-bond donors (Lipinski definition) is 2. The van der Waals surface area contributed by atoms with Crippen molar-refractivity contribution in [2.24, 2.45) is 5.92 Å². The Bertz CT molecular complexity index is 1370. The minimum atomic E-state index is -3.96. The molecule has 1 aliphatic heterocycles. The maximum absolute atomic E-state index is 14.0. The van der Waals surface area contributed by atoms with Crippen LogP contribution in [0.1, 0.15) is 29.5 Å². The Morgan fingerprint density at radius 2 is 1.82 bits per heavy atom. The fourth-order valence-electron chi connectivity index (χ4n) is 4.95. The monoisotopic (exact) mass is 480 g/mol. The third-order valence-corrected chi connectivity index (χ3v) is 7.89. The lowest BCUT2D eigenvalue weighted by atomic mass is 9.77. The number of methoxy groups -OCH3 is 2. The molecular weight excluding hydrogens is 455 g/mol. The van der Waals surface area contributed by atoms with Gasteiger partial charge in [0.2, 0.25) is 0 Å². The molecule has 0 unspecified atom stereocenters. The van der Waals surface area contributed by atoms with Gasteiger partial charge in [-0.2, -0.15) is 0 Å². The SMILES string of the molecule is COc1cccc([C@@H]2Nc3ccc(S(=O)(=O)Nc4ccccc4F)cc3[C@H]3C=CC[C@H]32)c1OC. The van der Waals surface area contributed by atoms with Gasteiger partial charge in [-0.05, 0) is 54.3 Å². The van der Waals surface area contributed by atoms with Crippen molar-refractivity contribution in [1.29, 1.82) is 0 Å². The molecule has 3 aromatic rings. The fraction of sp³-hybridized carbons (Fsp3) is 0.231. The van der Waals surface area contributed by atoms with Crippen molar-refractivity contribution >= 4 is 21.4 Å². The molecule has 3 aromatic carbocycles. The standard InChI is InChI=1S/C26H25FN2O4S/c1-32-24-12-6-9-19(26(24)33-2)25-18-8-5-7-17(18)20-15-16(13-14-22(20)28-25)34(30,31)29-23-11-4-3-10-21(23)27/h3-7,9-15,17-18,25,28-29H,8H2,1-2H3/t17-,18+,25+/m0/s1. The molecule has 6 nitrogen and oxygen atoms in total. The van der Waals surface area contributed by atoms with Crippen LogP contribution in [-0.2, 0) is 10.0 Å². The third kappa shape index (κ3) is 3.77. The summed E-state index contributed by atoms with van der Waals surface area (Å²) in [4.78, 5) is 0.0905. The summed E-state index contributed by atoms with van der Waals surface area (Å²) in [7, 11) is -0.721. The van der Waals surface area contributed by atoms with Crippen LogP contribution in [0.4, 0.5) is 15.8 Å². The van der Waals surface area contributed by atoms with Gasteiger partial charge in [-0.15, -0.1) is 0 Å². The van der Waals surface area contributed by atoms with Crippen LogP contribution in [0, 0.1) is 11.7 Å². The Kier molecular flexibility index (Phi) is 5.69. The lowest BCUT2D eigenvalue weighted by Gasteiger charge is -2.38. The second-order valence-electron chi connectivity index (χ2n) is 8.39. The number of nitrogens with one attached hydrogen (secondary N) is 2. The van der Waals surface area contributed by atoms with Gasteiger partial charge in [-0.3, -0.25) is 4.72 Å². The quantitative estimate of drug-likeness (QED) is 0.458. The van der Waals surface area contributed by atoms with Crippen LogP contribution in [0.15, 0.2) is 77.7 Å². The normalized spacial score (nSPS) is 20.7. The molecular formula is C26H25FN2O4S. The molecule has 2 aliphatic rings. The van der Waals surface area contributed by atoms with Gasteiger partial charge in [0.25, 0.3) is 10.0 Å². The number of hydrogen-bond acceptors (Lipinski definition) is 5. The van der Waals surface area contributed by atoms with Gasteiger partial charge in [0.1, 0.15) is 5.82 Å². The number of rotatable bonds is 6. The van der Waals surface area contributed by atoms with E-state index in [2.05, 4.69) is 22.2 Å². The van der Waals surface area contributed by atoms with E-state index in [0.29, 0.717) is 11.5 Å². The smallest absolute Gasteiger partial charge is 0.261 e. The Hall–Kier alpha value is -3.52. The van der Waals surface area contributed by atoms with Crippen molar-refractivity contribution in [2.75, 3.05) is 24.3 Å². The van der Waals surface area contributed by atoms with Crippen LogP contribution in [0.3, 0.4) is 0 Å². The Labute approximate surface area is 198 Å². The van der Waals surface area contributed by atoms with Gasteiger partial charge < -0.3 is 14.8 Å². The summed E-state index contributed by atoms with van der Waals surface area (Å²) >= 11 is 0. The predicted octanol–water partition coefficient (Wildman–Crippen LogP) is 5.47. The molecule has 1 aliphatic carbocycles. The summed E-state index contributed by atoms with van der Waals surface area (Å²) in [6.45, 7) is 0. The van der Waals surface area contributed by atoms with Gasteiger partial charge in [-0.25, -0.2) is 12.8 Å². The van der Waals surface area contributed by atoms with Crippen molar-refractivity contribution < 1.29 is 22.3 Å². The minimum absolute atomic E-state index is 0.0285. The zero-order valence-corrected chi connectivity index (χ0v) is 19.6. The number of ether oxygens (including phenoxy) is 2.